The number of piperidine rings is 1. The third-order valence-corrected chi connectivity index (χ3v) is 8.76. The van der Waals surface area contributed by atoms with Crippen LogP contribution < -0.4 is 21.0 Å². The van der Waals surface area contributed by atoms with E-state index in [0.717, 1.165) is 56.4 Å². The first kappa shape index (κ1) is 45.7. The topological polar surface area (TPSA) is 157 Å². The van der Waals surface area contributed by atoms with Gasteiger partial charge < -0.3 is 34.5 Å². The van der Waals surface area contributed by atoms with Gasteiger partial charge in [0.2, 0.25) is 0 Å². The van der Waals surface area contributed by atoms with Gasteiger partial charge in [-0.15, -0.1) is 0 Å². The number of carbonyl (C=O) groups excluding carboxylic acids is 4. The lowest BCUT2D eigenvalue weighted by molar-refractivity contribution is -0.156. The van der Waals surface area contributed by atoms with E-state index in [1.54, 1.807) is 51.1 Å². The molecule has 0 atom stereocenters. The SMILES string of the molecule is CC(C)(C)OC(=O)CCOCCOCCOCCNC(=O)c1cccc(C(=O)Nc2ccc(N3CCCCC3)cc2C(=O)NN=Cc2ccc(Cl)c(C(F)(F)F)c2)c1. The molecule has 1 aliphatic rings. The van der Waals surface area contributed by atoms with E-state index in [1.165, 1.54) is 18.2 Å². The normalized spacial score (nSPS) is 13.3. The van der Waals surface area contributed by atoms with Crippen molar-refractivity contribution in [3.63, 3.8) is 0 Å². The van der Waals surface area contributed by atoms with E-state index in [1.807, 2.05) is 0 Å². The highest BCUT2D eigenvalue weighted by atomic mass is 35.5. The number of halogens is 4. The van der Waals surface area contributed by atoms with Crippen molar-refractivity contribution >= 4 is 52.9 Å². The molecule has 0 spiro atoms. The predicted octanol–water partition coefficient (Wildman–Crippen LogP) is 6.88. The maximum atomic E-state index is 13.4. The third kappa shape index (κ3) is 15.4. The van der Waals surface area contributed by atoms with E-state index < -0.39 is 40.1 Å². The Labute approximate surface area is 340 Å². The lowest BCUT2D eigenvalue weighted by atomic mass is 10.1. The molecule has 1 saturated heterocycles. The van der Waals surface area contributed by atoms with Crippen molar-refractivity contribution in [1.29, 1.82) is 0 Å². The van der Waals surface area contributed by atoms with Gasteiger partial charge in [-0.05, 0) is 94.1 Å². The second kappa shape index (κ2) is 22.2. The standard InChI is InChI=1S/C41H49ClF3N5O8/c1-40(2,3)58-36(51)14-18-55-20-22-57-23-21-56-19-15-46-37(52)29-8-7-9-30(25-29)38(53)48-35-13-11-31(50-16-5-4-6-17-50)26-32(35)39(54)49-47-27-28-10-12-34(42)33(24-28)41(43,44)45/h7-13,24-27H,4-6,14-23H2,1-3H3,(H,46,52)(H,48,53)(H,49,54). The molecule has 1 fully saturated rings. The van der Waals surface area contributed by atoms with Crippen LogP contribution in [0.1, 0.15) is 88.7 Å². The molecule has 4 rings (SSSR count). The van der Waals surface area contributed by atoms with Crippen molar-refractivity contribution in [1.82, 2.24) is 10.7 Å². The second-order valence-electron chi connectivity index (χ2n) is 14.2. The number of hydrazone groups is 1. The third-order valence-electron chi connectivity index (χ3n) is 8.43. The van der Waals surface area contributed by atoms with Gasteiger partial charge in [-0.1, -0.05) is 23.7 Å². The number of amides is 3. The van der Waals surface area contributed by atoms with E-state index >= 15 is 0 Å². The average molecular weight is 832 g/mol. The summed E-state index contributed by atoms with van der Waals surface area (Å²) in [5.41, 5.74) is 2.20. The molecule has 3 N–H and O–H groups in total. The molecule has 0 saturated carbocycles. The summed E-state index contributed by atoms with van der Waals surface area (Å²) >= 11 is 5.71. The molecular weight excluding hydrogens is 783 g/mol. The van der Waals surface area contributed by atoms with E-state index in [-0.39, 0.29) is 60.1 Å². The van der Waals surface area contributed by atoms with Gasteiger partial charge in [0.15, 0.2) is 0 Å². The van der Waals surface area contributed by atoms with Crippen molar-refractivity contribution in [2.75, 3.05) is 69.5 Å². The molecule has 58 heavy (non-hydrogen) atoms. The van der Waals surface area contributed by atoms with Gasteiger partial charge in [-0.25, -0.2) is 5.43 Å². The van der Waals surface area contributed by atoms with Crippen molar-refractivity contribution in [2.24, 2.45) is 5.10 Å². The number of esters is 1. The fraction of sp³-hybridized carbons (Fsp3) is 0.439. The van der Waals surface area contributed by atoms with Gasteiger partial charge in [-0.2, -0.15) is 18.3 Å². The molecule has 3 aromatic rings. The van der Waals surface area contributed by atoms with Crippen molar-refractivity contribution in [3.8, 4) is 0 Å². The lowest BCUT2D eigenvalue weighted by Crippen LogP contribution is -2.30. The maximum absolute atomic E-state index is 13.4. The molecule has 0 unspecified atom stereocenters. The number of ether oxygens (including phenoxy) is 4. The maximum Gasteiger partial charge on any atom is 0.417 e. The van der Waals surface area contributed by atoms with E-state index in [9.17, 15) is 32.3 Å². The van der Waals surface area contributed by atoms with Crippen molar-refractivity contribution < 1.29 is 51.3 Å². The molecule has 0 aliphatic carbocycles. The molecule has 17 heteroatoms. The minimum atomic E-state index is -4.67. The van der Waals surface area contributed by atoms with Crippen molar-refractivity contribution in [3.05, 3.63) is 93.5 Å². The molecule has 3 aromatic carbocycles. The number of nitrogens with zero attached hydrogens (tertiary/aromatic N) is 2. The van der Waals surface area contributed by atoms with Gasteiger partial charge in [0.05, 0.1) is 74.1 Å². The fourth-order valence-corrected chi connectivity index (χ4v) is 5.89. The monoisotopic (exact) mass is 831 g/mol. The summed E-state index contributed by atoms with van der Waals surface area (Å²) in [5, 5.41) is 8.88. The Hall–Kier alpha value is -5.03. The molecule has 1 aliphatic heterocycles. The van der Waals surface area contributed by atoms with E-state index in [4.69, 9.17) is 30.5 Å². The number of hydrogen-bond acceptors (Lipinski definition) is 10. The quantitative estimate of drug-likeness (QED) is 0.0508. The Balaban J connectivity index is 1.27. The summed E-state index contributed by atoms with van der Waals surface area (Å²) in [6.45, 7) is 8.89. The summed E-state index contributed by atoms with van der Waals surface area (Å²) in [6, 6.07) is 14.3. The Morgan fingerprint density at radius 3 is 2.12 bits per heavy atom. The number of benzene rings is 3. The zero-order valence-corrected chi connectivity index (χ0v) is 33.5. The zero-order chi connectivity index (χ0) is 42.1. The van der Waals surface area contributed by atoms with E-state index in [2.05, 4.69) is 26.1 Å². The van der Waals surface area contributed by atoms with Crippen LogP contribution in [0.5, 0.6) is 0 Å². The summed E-state index contributed by atoms with van der Waals surface area (Å²) < 4.78 is 61.5. The number of nitrogens with one attached hydrogen (secondary N) is 3. The first-order chi connectivity index (χ1) is 27.6. The van der Waals surface area contributed by atoms with Crippen LogP contribution in [0, 0.1) is 0 Å². The van der Waals surface area contributed by atoms with E-state index in [0.29, 0.717) is 26.4 Å². The Bertz CT molecular complexity index is 1900. The minimum Gasteiger partial charge on any atom is -0.460 e. The zero-order valence-electron chi connectivity index (χ0n) is 32.7. The Kier molecular flexibility index (Phi) is 17.5. The van der Waals surface area contributed by atoms with Gasteiger partial charge in [0, 0.05) is 36.4 Å². The van der Waals surface area contributed by atoms with Crippen LogP contribution in [0.4, 0.5) is 24.5 Å². The molecule has 13 nitrogen and oxygen atoms in total. The lowest BCUT2D eigenvalue weighted by Gasteiger charge is -2.29. The predicted molar refractivity (Wildman–Crippen MR) is 214 cm³/mol. The highest BCUT2D eigenvalue weighted by Crippen LogP contribution is 2.35. The molecule has 1 heterocycles. The highest BCUT2D eigenvalue weighted by Gasteiger charge is 2.33. The number of hydrogen-bond donors (Lipinski definition) is 3. The molecule has 0 aromatic heterocycles. The second-order valence-corrected chi connectivity index (χ2v) is 14.6. The van der Waals surface area contributed by atoms with Crippen LogP contribution in [0.3, 0.4) is 0 Å². The largest absolute Gasteiger partial charge is 0.460 e. The average Bonchev–Trinajstić information content (AvgIpc) is 3.18. The smallest absolute Gasteiger partial charge is 0.417 e. The van der Waals surface area contributed by atoms with Crippen LogP contribution in [-0.2, 0) is 29.9 Å². The van der Waals surface area contributed by atoms with Gasteiger partial charge in [0.1, 0.15) is 5.60 Å². The first-order valence-electron chi connectivity index (χ1n) is 18.8. The Morgan fingerprint density at radius 1 is 0.793 bits per heavy atom. The number of anilines is 2. The molecular formula is C41H49ClF3N5O8. The summed E-state index contributed by atoms with van der Waals surface area (Å²) in [4.78, 5) is 53.6. The number of alkyl halides is 3. The molecule has 3 amide bonds. The highest BCUT2D eigenvalue weighted by molar-refractivity contribution is 6.31. The van der Waals surface area contributed by atoms with Crippen LogP contribution in [0.15, 0.2) is 65.8 Å². The van der Waals surface area contributed by atoms with Crippen LogP contribution in [0.25, 0.3) is 0 Å². The number of carbonyl (C=O) groups is 4. The Morgan fingerprint density at radius 2 is 1.45 bits per heavy atom. The summed E-state index contributed by atoms with van der Waals surface area (Å²) in [7, 11) is 0. The molecule has 0 radical (unpaired) electrons. The van der Waals surface area contributed by atoms with Crippen LogP contribution in [0.2, 0.25) is 5.02 Å². The minimum absolute atomic E-state index is 0.0577. The molecule has 314 valence electrons. The van der Waals surface area contributed by atoms with Gasteiger partial charge in [-0.3, -0.25) is 19.2 Å². The summed E-state index contributed by atoms with van der Waals surface area (Å²) in [5.74, 6) is -2.05. The first-order valence-corrected chi connectivity index (χ1v) is 19.2. The fourth-order valence-electron chi connectivity index (χ4n) is 5.67. The summed E-state index contributed by atoms with van der Waals surface area (Å²) in [6.07, 6.45) is -0.399. The van der Waals surface area contributed by atoms with Crippen LogP contribution in [-0.4, -0.2) is 94.8 Å². The van der Waals surface area contributed by atoms with Gasteiger partial charge in [0.25, 0.3) is 17.7 Å². The van der Waals surface area contributed by atoms with Crippen molar-refractivity contribution in [2.45, 2.75) is 58.2 Å². The van der Waals surface area contributed by atoms with Gasteiger partial charge >= 0.3 is 12.1 Å². The molecule has 0 bridgehead atoms. The number of rotatable bonds is 19. The van der Waals surface area contributed by atoms with Crippen LogP contribution >= 0.6 is 11.6 Å².